The highest BCUT2D eigenvalue weighted by Gasteiger charge is 2.10. The van der Waals surface area contributed by atoms with E-state index in [0.29, 0.717) is 5.92 Å². The van der Waals surface area contributed by atoms with Crippen LogP contribution in [0.3, 0.4) is 0 Å². The lowest BCUT2D eigenvalue weighted by Gasteiger charge is -2.16. The highest BCUT2D eigenvalue weighted by Crippen LogP contribution is 2.27. The van der Waals surface area contributed by atoms with Crippen molar-refractivity contribution in [2.24, 2.45) is 0 Å². The van der Waals surface area contributed by atoms with E-state index < -0.39 is 0 Å². The fraction of sp³-hybridized carbons (Fsp3) is 0.273. The van der Waals surface area contributed by atoms with Gasteiger partial charge in [-0.2, -0.15) is 0 Å². The largest absolute Gasteiger partial charge is 0.0985 e. The molecule has 0 heteroatoms. The molecule has 0 bridgehead atoms. The van der Waals surface area contributed by atoms with Crippen molar-refractivity contribution in [3.05, 3.63) is 84.4 Å². The lowest BCUT2D eigenvalue weighted by molar-refractivity contribution is 0.595. The van der Waals surface area contributed by atoms with Crippen LogP contribution in [0, 0.1) is 0 Å². The van der Waals surface area contributed by atoms with Crippen LogP contribution in [-0.4, -0.2) is 0 Å². The molecule has 2 aromatic rings. The third kappa shape index (κ3) is 5.73. The summed E-state index contributed by atoms with van der Waals surface area (Å²) in [6.07, 6.45) is 7.55. The Morgan fingerprint density at radius 1 is 0.864 bits per heavy atom. The van der Waals surface area contributed by atoms with Crippen molar-refractivity contribution in [2.75, 3.05) is 0 Å². The Morgan fingerprint density at radius 2 is 1.50 bits per heavy atom. The van der Waals surface area contributed by atoms with Gasteiger partial charge < -0.3 is 0 Å². The maximum absolute atomic E-state index is 3.87. The van der Waals surface area contributed by atoms with Crippen molar-refractivity contribution in [1.82, 2.24) is 0 Å². The highest BCUT2D eigenvalue weighted by molar-refractivity contribution is 5.52. The van der Waals surface area contributed by atoms with Gasteiger partial charge in [-0.1, -0.05) is 100 Å². The van der Waals surface area contributed by atoms with E-state index in [1.54, 1.807) is 0 Å². The molecule has 0 N–H and O–H groups in total. The predicted molar refractivity (Wildman–Crippen MR) is 101 cm³/mol. The molecule has 22 heavy (non-hydrogen) atoms. The van der Waals surface area contributed by atoms with Gasteiger partial charge in [0.05, 0.1) is 0 Å². The molecule has 1 atom stereocenters. The van der Waals surface area contributed by atoms with E-state index in [2.05, 4.69) is 51.3 Å². The Kier molecular flexibility index (Phi) is 8.67. The fourth-order valence-corrected chi connectivity index (χ4v) is 2.59. The predicted octanol–water partition coefficient (Wildman–Crippen LogP) is 6.95. The second-order valence-electron chi connectivity index (χ2n) is 5.34. The minimum Gasteiger partial charge on any atom is -0.0985 e. The average Bonchev–Trinajstić information content (AvgIpc) is 2.61. The standard InChI is InChI=1S/C14H20.C8H8/c1-4-9-12(5-2)14-11-8-7-10-13(14)6-3;1-2-8-6-4-3-5-7-8/h6-8,10-12H,3-5,9H2,1-2H3;2-7H,1H2. The van der Waals surface area contributed by atoms with Gasteiger partial charge in [-0.3, -0.25) is 0 Å². The summed E-state index contributed by atoms with van der Waals surface area (Å²) in [5, 5.41) is 0. The van der Waals surface area contributed by atoms with E-state index >= 15 is 0 Å². The molecule has 0 aliphatic carbocycles. The molecular weight excluding hydrogens is 264 g/mol. The van der Waals surface area contributed by atoms with Crippen molar-refractivity contribution >= 4 is 12.2 Å². The molecule has 0 radical (unpaired) electrons. The normalized spacial score (nSPS) is 11.0. The molecule has 0 spiro atoms. The van der Waals surface area contributed by atoms with Gasteiger partial charge in [0, 0.05) is 0 Å². The zero-order valence-electron chi connectivity index (χ0n) is 14.0. The summed E-state index contributed by atoms with van der Waals surface area (Å²) in [5.41, 5.74) is 3.94. The summed E-state index contributed by atoms with van der Waals surface area (Å²) in [6, 6.07) is 18.6. The maximum atomic E-state index is 3.87. The summed E-state index contributed by atoms with van der Waals surface area (Å²) in [4.78, 5) is 0. The van der Waals surface area contributed by atoms with Crippen molar-refractivity contribution in [3.63, 3.8) is 0 Å². The van der Waals surface area contributed by atoms with Gasteiger partial charge in [0.1, 0.15) is 0 Å². The smallest absolute Gasteiger partial charge is 0.0159 e. The second kappa shape index (κ2) is 10.6. The SMILES string of the molecule is C=Cc1ccccc1.C=Cc1ccccc1C(CC)CCC. The van der Waals surface area contributed by atoms with Gasteiger partial charge in [0.25, 0.3) is 0 Å². The number of benzene rings is 2. The number of rotatable bonds is 6. The molecule has 1 unspecified atom stereocenters. The molecule has 0 amide bonds. The third-order valence-electron chi connectivity index (χ3n) is 3.82. The molecule has 0 saturated carbocycles. The van der Waals surface area contributed by atoms with Gasteiger partial charge in [0.15, 0.2) is 0 Å². The minimum atomic E-state index is 0.703. The Labute approximate surface area is 136 Å². The van der Waals surface area contributed by atoms with Crippen LogP contribution in [0.5, 0.6) is 0 Å². The highest BCUT2D eigenvalue weighted by atomic mass is 14.1. The molecule has 0 fully saturated rings. The van der Waals surface area contributed by atoms with Crippen LogP contribution in [-0.2, 0) is 0 Å². The van der Waals surface area contributed by atoms with E-state index in [9.17, 15) is 0 Å². The summed E-state index contributed by atoms with van der Waals surface area (Å²) in [7, 11) is 0. The first-order valence-corrected chi connectivity index (χ1v) is 8.15. The Bertz CT molecular complexity index is 551. The summed E-state index contributed by atoms with van der Waals surface area (Å²) in [5.74, 6) is 0.703. The van der Waals surface area contributed by atoms with Crippen LogP contribution in [0.4, 0.5) is 0 Å². The van der Waals surface area contributed by atoms with Gasteiger partial charge in [-0.15, -0.1) is 0 Å². The molecule has 0 nitrogen and oxygen atoms in total. The zero-order chi connectivity index (χ0) is 16.2. The van der Waals surface area contributed by atoms with Gasteiger partial charge >= 0.3 is 0 Å². The molecule has 2 rings (SSSR count). The lowest BCUT2D eigenvalue weighted by atomic mass is 9.89. The summed E-state index contributed by atoms with van der Waals surface area (Å²) < 4.78 is 0. The fourth-order valence-electron chi connectivity index (χ4n) is 2.59. The van der Waals surface area contributed by atoms with Crippen LogP contribution in [0.15, 0.2) is 67.8 Å². The van der Waals surface area contributed by atoms with E-state index in [4.69, 9.17) is 0 Å². The van der Waals surface area contributed by atoms with Crippen molar-refractivity contribution in [1.29, 1.82) is 0 Å². The average molecular weight is 292 g/mol. The first kappa shape index (κ1) is 18.0. The molecule has 0 aliphatic rings. The lowest BCUT2D eigenvalue weighted by Crippen LogP contribution is -1.99. The minimum absolute atomic E-state index is 0.703. The zero-order valence-corrected chi connectivity index (χ0v) is 14.0. The van der Waals surface area contributed by atoms with E-state index in [1.807, 2.05) is 42.5 Å². The molecule has 2 aromatic carbocycles. The second-order valence-corrected chi connectivity index (χ2v) is 5.34. The Balaban J connectivity index is 0.000000255. The quantitative estimate of drug-likeness (QED) is 0.540. The van der Waals surface area contributed by atoms with Crippen LogP contribution < -0.4 is 0 Å². The molecule has 0 aromatic heterocycles. The van der Waals surface area contributed by atoms with E-state index in [-0.39, 0.29) is 0 Å². The first-order chi connectivity index (χ1) is 10.8. The van der Waals surface area contributed by atoms with Crippen molar-refractivity contribution in [3.8, 4) is 0 Å². The monoisotopic (exact) mass is 292 g/mol. The molecule has 116 valence electrons. The Morgan fingerprint density at radius 3 is 2.00 bits per heavy atom. The van der Waals surface area contributed by atoms with Crippen LogP contribution in [0.1, 0.15) is 55.7 Å². The van der Waals surface area contributed by atoms with Gasteiger partial charge in [-0.05, 0) is 35.4 Å². The maximum Gasteiger partial charge on any atom is -0.0159 e. The van der Waals surface area contributed by atoms with Crippen LogP contribution in [0.2, 0.25) is 0 Å². The van der Waals surface area contributed by atoms with E-state index in [1.165, 1.54) is 36.0 Å². The van der Waals surface area contributed by atoms with E-state index in [0.717, 1.165) is 0 Å². The topological polar surface area (TPSA) is 0 Å². The van der Waals surface area contributed by atoms with Gasteiger partial charge in [0.2, 0.25) is 0 Å². The molecule has 0 saturated heterocycles. The van der Waals surface area contributed by atoms with Crippen LogP contribution >= 0.6 is 0 Å². The number of hydrogen-bond acceptors (Lipinski definition) is 0. The number of hydrogen-bond donors (Lipinski definition) is 0. The van der Waals surface area contributed by atoms with Crippen LogP contribution in [0.25, 0.3) is 12.2 Å². The summed E-state index contributed by atoms with van der Waals surface area (Å²) in [6.45, 7) is 12.0. The third-order valence-corrected chi connectivity index (χ3v) is 3.82. The van der Waals surface area contributed by atoms with Gasteiger partial charge in [-0.25, -0.2) is 0 Å². The molecule has 0 aliphatic heterocycles. The van der Waals surface area contributed by atoms with Crippen molar-refractivity contribution < 1.29 is 0 Å². The molecular formula is C22H28. The Hall–Kier alpha value is -2.08. The summed E-state index contributed by atoms with van der Waals surface area (Å²) >= 11 is 0. The first-order valence-electron chi connectivity index (χ1n) is 8.15. The molecule has 0 heterocycles. The van der Waals surface area contributed by atoms with Crippen molar-refractivity contribution in [2.45, 2.75) is 39.0 Å².